The fourth-order valence-corrected chi connectivity index (χ4v) is 0.456. The van der Waals surface area contributed by atoms with Crippen LogP contribution in [0.3, 0.4) is 0 Å². The number of hydrogen-bond donors (Lipinski definition) is 0. The van der Waals surface area contributed by atoms with Crippen LogP contribution in [0.1, 0.15) is 6.92 Å². The summed E-state index contributed by atoms with van der Waals surface area (Å²) in [5, 5.41) is 0. The maximum absolute atomic E-state index is 3.80. The summed E-state index contributed by atoms with van der Waals surface area (Å²) in [7, 11) is 3.69. The Morgan fingerprint density at radius 1 is 1.50 bits per heavy atom. The van der Waals surface area contributed by atoms with Gasteiger partial charge in [0.25, 0.3) is 0 Å². The normalized spacial score (nSPS) is 11.4. The van der Waals surface area contributed by atoms with Gasteiger partial charge in [-0.05, 0) is 6.92 Å². The van der Waals surface area contributed by atoms with Crippen LogP contribution in [0.15, 0.2) is 17.3 Å². The average molecular weight is 112 g/mol. The third-order valence-electron chi connectivity index (χ3n) is 0.682. The Bertz CT molecular complexity index is 82.7. The third kappa shape index (κ3) is 3.40. The molecule has 0 amide bonds. The van der Waals surface area contributed by atoms with Crippen molar-refractivity contribution in [3.05, 3.63) is 12.3 Å². The molecule has 0 aromatic heterocycles. The van der Waals surface area contributed by atoms with Crippen molar-refractivity contribution >= 4 is 6.34 Å². The molecule has 0 N–H and O–H groups in total. The second kappa shape index (κ2) is 4.37. The number of aliphatic imine (C=N–C) groups is 1. The number of hydrogen-bond acceptors (Lipinski definition) is 1. The lowest BCUT2D eigenvalue weighted by Crippen LogP contribution is -2.05. The van der Waals surface area contributed by atoms with Crippen LogP contribution >= 0.6 is 0 Å². The molecule has 0 aliphatic heterocycles. The average Bonchev–Trinajstić information content (AvgIpc) is 1.68. The minimum absolute atomic E-state index is 1.75. The topological polar surface area (TPSA) is 15.6 Å². The summed E-state index contributed by atoms with van der Waals surface area (Å²) in [6.45, 7) is 1.97. The Morgan fingerprint density at radius 3 is 2.50 bits per heavy atom. The van der Waals surface area contributed by atoms with E-state index in [1.54, 1.807) is 13.4 Å². The first kappa shape index (κ1) is 7.21. The van der Waals surface area contributed by atoms with Crippen LogP contribution in [0, 0.1) is 0 Å². The summed E-state index contributed by atoms with van der Waals surface area (Å²) in [4.78, 5) is 5.69. The summed E-state index contributed by atoms with van der Waals surface area (Å²) in [6, 6.07) is 0. The van der Waals surface area contributed by atoms with Gasteiger partial charge in [-0.3, -0.25) is 4.99 Å². The van der Waals surface area contributed by atoms with E-state index < -0.39 is 0 Å². The predicted molar refractivity (Wildman–Crippen MR) is 37.0 cm³/mol. The zero-order valence-corrected chi connectivity index (χ0v) is 5.63. The maximum Gasteiger partial charge on any atom is 0.0883 e. The molecule has 0 radical (unpaired) electrons. The fourth-order valence-electron chi connectivity index (χ4n) is 0.456. The van der Waals surface area contributed by atoms with Gasteiger partial charge in [0.2, 0.25) is 0 Å². The molecule has 0 heterocycles. The van der Waals surface area contributed by atoms with Crippen LogP contribution in [-0.2, 0) is 0 Å². The Kier molecular flexibility index (Phi) is 3.94. The van der Waals surface area contributed by atoms with Gasteiger partial charge in [-0.25, -0.2) is 0 Å². The van der Waals surface area contributed by atoms with Crippen molar-refractivity contribution in [2.24, 2.45) is 4.99 Å². The lowest BCUT2D eigenvalue weighted by molar-refractivity contribution is 0.707. The van der Waals surface area contributed by atoms with Crippen LogP contribution in [-0.4, -0.2) is 25.3 Å². The maximum atomic E-state index is 3.80. The summed E-state index contributed by atoms with van der Waals surface area (Å²) < 4.78 is 0. The zero-order chi connectivity index (χ0) is 6.41. The van der Waals surface area contributed by atoms with Crippen LogP contribution < -0.4 is 0 Å². The van der Waals surface area contributed by atoms with E-state index in [4.69, 9.17) is 0 Å². The first-order valence-corrected chi connectivity index (χ1v) is 2.58. The van der Waals surface area contributed by atoms with Gasteiger partial charge in [0.1, 0.15) is 0 Å². The Balaban J connectivity index is 3.47. The number of nitrogens with zero attached hydrogens (tertiary/aromatic N) is 2. The van der Waals surface area contributed by atoms with Crippen molar-refractivity contribution in [2.75, 3.05) is 14.1 Å². The zero-order valence-electron chi connectivity index (χ0n) is 5.63. The van der Waals surface area contributed by atoms with E-state index in [0.29, 0.717) is 0 Å². The largest absolute Gasteiger partial charge is 0.343 e. The highest BCUT2D eigenvalue weighted by Crippen LogP contribution is 1.76. The van der Waals surface area contributed by atoms with E-state index in [2.05, 4.69) is 4.99 Å². The minimum atomic E-state index is 1.75. The van der Waals surface area contributed by atoms with Crippen molar-refractivity contribution in [3.63, 3.8) is 0 Å². The van der Waals surface area contributed by atoms with Crippen molar-refractivity contribution in [3.8, 4) is 0 Å². The van der Waals surface area contributed by atoms with Gasteiger partial charge in [0, 0.05) is 20.3 Å². The molecule has 2 nitrogen and oxygen atoms in total. The molecule has 8 heavy (non-hydrogen) atoms. The van der Waals surface area contributed by atoms with Gasteiger partial charge in [-0.1, -0.05) is 6.08 Å². The Hall–Kier alpha value is -0.790. The molecule has 0 spiro atoms. The molecule has 0 unspecified atom stereocenters. The summed E-state index contributed by atoms with van der Waals surface area (Å²) >= 11 is 0. The van der Waals surface area contributed by atoms with Crippen LogP contribution in [0.5, 0.6) is 0 Å². The molecule has 2 heteroatoms. The molecule has 0 saturated carbocycles. The first-order valence-electron chi connectivity index (χ1n) is 2.58. The van der Waals surface area contributed by atoms with E-state index in [0.717, 1.165) is 0 Å². The van der Waals surface area contributed by atoms with Gasteiger partial charge in [-0.15, -0.1) is 0 Å². The standard InChI is InChI=1S/C6H12N2/c1-4-5-8(3)6-7-2/h4-6H,1-3H3/b5-4+,7-6?. The molecular weight excluding hydrogens is 100 g/mol. The van der Waals surface area contributed by atoms with Crippen LogP contribution in [0.4, 0.5) is 0 Å². The fraction of sp³-hybridized carbons (Fsp3) is 0.500. The van der Waals surface area contributed by atoms with Crippen LogP contribution in [0.2, 0.25) is 0 Å². The highest BCUT2D eigenvalue weighted by molar-refractivity contribution is 5.55. The molecule has 0 bridgehead atoms. The molecular formula is C6H12N2. The summed E-state index contributed by atoms with van der Waals surface area (Å²) in [5.74, 6) is 0. The summed E-state index contributed by atoms with van der Waals surface area (Å²) in [6.07, 6.45) is 5.65. The lowest BCUT2D eigenvalue weighted by Gasteiger charge is -2.02. The van der Waals surface area contributed by atoms with Crippen LogP contribution in [0.25, 0.3) is 0 Å². The molecule has 0 saturated heterocycles. The molecule has 0 aliphatic carbocycles. The van der Waals surface area contributed by atoms with Gasteiger partial charge < -0.3 is 4.90 Å². The van der Waals surface area contributed by atoms with E-state index in [1.807, 2.05) is 31.1 Å². The van der Waals surface area contributed by atoms with Crippen molar-refractivity contribution in [1.82, 2.24) is 4.90 Å². The highest BCUT2D eigenvalue weighted by Gasteiger charge is 1.75. The SMILES string of the molecule is C/C=C/N(C)C=NC. The highest BCUT2D eigenvalue weighted by atomic mass is 15.1. The van der Waals surface area contributed by atoms with E-state index in [1.165, 1.54) is 0 Å². The summed E-state index contributed by atoms with van der Waals surface area (Å²) in [5.41, 5.74) is 0. The third-order valence-corrected chi connectivity index (χ3v) is 0.682. The van der Waals surface area contributed by atoms with Crippen molar-refractivity contribution in [2.45, 2.75) is 6.92 Å². The molecule has 0 aromatic carbocycles. The first-order chi connectivity index (χ1) is 3.81. The van der Waals surface area contributed by atoms with Crippen molar-refractivity contribution in [1.29, 1.82) is 0 Å². The van der Waals surface area contributed by atoms with Gasteiger partial charge in [0.05, 0.1) is 6.34 Å². The van der Waals surface area contributed by atoms with Gasteiger partial charge >= 0.3 is 0 Å². The number of allylic oxidation sites excluding steroid dienone is 1. The Labute approximate surface area is 50.5 Å². The van der Waals surface area contributed by atoms with E-state index >= 15 is 0 Å². The molecule has 0 aromatic rings. The smallest absolute Gasteiger partial charge is 0.0883 e. The number of rotatable bonds is 2. The molecule has 46 valence electrons. The van der Waals surface area contributed by atoms with E-state index in [9.17, 15) is 0 Å². The second-order valence-corrected chi connectivity index (χ2v) is 1.52. The monoisotopic (exact) mass is 112 g/mol. The lowest BCUT2D eigenvalue weighted by atomic mass is 10.7. The molecule has 0 aliphatic rings. The molecule has 0 atom stereocenters. The minimum Gasteiger partial charge on any atom is -0.343 e. The predicted octanol–water partition coefficient (Wildman–Crippen LogP) is 1.11. The van der Waals surface area contributed by atoms with Gasteiger partial charge in [-0.2, -0.15) is 0 Å². The molecule has 0 rings (SSSR count). The van der Waals surface area contributed by atoms with Gasteiger partial charge in [0.15, 0.2) is 0 Å². The molecule has 0 fully saturated rings. The second-order valence-electron chi connectivity index (χ2n) is 1.52. The Morgan fingerprint density at radius 2 is 2.12 bits per heavy atom. The van der Waals surface area contributed by atoms with E-state index in [-0.39, 0.29) is 0 Å². The quantitative estimate of drug-likeness (QED) is 0.386. The van der Waals surface area contributed by atoms with Crippen molar-refractivity contribution < 1.29 is 0 Å².